The lowest BCUT2D eigenvalue weighted by atomic mass is 9.93. The Balaban J connectivity index is 1.91. The molecule has 2 aromatic rings. The second kappa shape index (κ2) is 8.26. The van der Waals surface area contributed by atoms with Gasteiger partial charge in [0.15, 0.2) is 11.5 Å². The molecule has 8 heteroatoms. The molecule has 8 nitrogen and oxygen atoms in total. The molecule has 2 heterocycles. The molecule has 1 N–H and O–H groups in total. The van der Waals surface area contributed by atoms with Crippen molar-refractivity contribution in [3.05, 3.63) is 35.4 Å². The maximum absolute atomic E-state index is 10.9. The van der Waals surface area contributed by atoms with Crippen LogP contribution in [0.5, 0.6) is 34.5 Å². The van der Waals surface area contributed by atoms with Crippen LogP contribution in [0.1, 0.15) is 17.2 Å². The molecule has 0 aromatic heterocycles. The standard InChI is InChI=1S/C21H25NO7/c1-24-13-8-18(25-2)20(19(9-13)26-3)21(22-4-6-27-7-5-22)14-10-16-17(11-15(14)23)29-12-28-16/h8-11,21,23H,4-7,12H2,1-3H3. The number of nitrogens with zero attached hydrogens (tertiary/aromatic N) is 1. The number of phenols is 1. The Bertz CT molecular complexity index is 855. The van der Waals surface area contributed by atoms with E-state index in [1.165, 1.54) is 0 Å². The van der Waals surface area contributed by atoms with Crippen molar-refractivity contribution < 1.29 is 33.5 Å². The van der Waals surface area contributed by atoms with Gasteiger partial charge in [0.05, 0.1) is 46.1 Å². The van der Waals surface area contributed by atoms with Crippen molar-refractivity contribution in [1.82, 2.24) is 4.90 Å². The van der Waals surface area contributed by atoms with Gasteiger partial charge in [-0.15, -0.1) is 0 Å². The summed E-state index contributed by atoms with van der Waals surface area (Å²) < 4.78 is 33.3. The molecule has 2 aliphatic heterocycles. The molecule has 0 bridgehead atoms. The fourth-order valence-electron chi connectivity index (χ4n) is 3.84. The molecular weight excluding hydrogens is 378 g/mol. The minimum absolute atomic E-state index is 0.116. The van der Waals surface area contributed by atoms with E-state index >= 15 is 0 Å². The molecule has 29 heavy (non-hydrogen) atoms. The van der Waals surface area contributed by atoms with Crippen LogP contribution in [-0.2, 0) is 4.74 Å². The number of fused-ring (bicyclic) bond motifs is 1. The zero-order valence-corrected chi connectivity index (χ0v) is 16.8. The Morgan fingerprint density at radius 1 is 0.897 bits per heavy atom. The van der Waals surface area contributed by atoms with Crippen LogP contribution in [0.3, 0.4) is 0 Å². The molecule has 0 radical (unpaired) electrons. The van der Waals surface area contributed by atoms with Gasteiger partial charge in [-0.3, -0.25) is 4.90 Å². The number of methoxy groups -OCH3 is 3. The first-order chi connectivity index (χ1) is 14.2. The van der Waals surface area contributed by atoms with Crippen molar-refractivity contribution in [2.24, 2.45) is 0 Å². The number of rotatable bonds is 6. The Hall–Kier alpha value is -2.84. The van der Waals surface area contributed by atoms with E-state index < -0.39 is 0 Å². The van der Waals surface area contributed by atoms with Crippen molar-refractivity contribution in [2.75, 3.05) is 54.4 Å². The number of aromatic hydroxyl groups is 1. The third-order valence-electron chi connectivity index (χ3n) is 5.25. The first-order valence-corrected chi connectivity index (χ1v) is 9.40. The molecule has 4 rings (SSSR count). The molecule has 1 unspecified atom stereocenters. The highest BCUT2D eigenvalue weighted by atomic mass is 16.7. The van der Waals surface area contributed by atoms with E-state index in [-0.39, 0.29) is 18.6 Å². The number of morpholine rings is 1. The highest BCUT2D eigenvalue weighted by molar-refractivity contribution is 5.59. The fraction of sp³-hybridized carbons (Fsp3) is 0.429. The van der Waals surface area contributed by atoms with Gasteiger partial charge in [-0.25, -0.2) is 0 Å². The topological polar surface area (TPSA) is 78.9 Å². The zero-order valence-electron chi connectivity index (χ0n) is 16.8. The van der Waals surface area contributed by atoms with Crippen LogP contribution < -0.4 is 23.7 Å². The highest BCUT2D eigenvalue weighted by Crippen LogP contribution is 2.48. The number of phenolic OH excluding ortho intramolecular Hbond substituents is 1. The first-order valence-electron chi connectivity index (χ1n) is 9.40. The third kappa shape index (κ3) is 3.61. The monoisotopic (exact) mass is 403 g/mol. The molecule has 156 valence electrons. The number of benzene rings is 2. The van der Waals surface area contributed by atoms with Gasteiger partial charge in [0.25, 0.3) is 0 Å². The van der Waals surface area contributed by atoms with Gasteiger partial charge in [-0.05, 0) is 6.07 Å². The Labute approximate surface area is 169 Å². The normalized spacial score (nSPS) is 17.1. The summed E-state index contributed by atoms with van der Waals surface area (Å²) in [6.07, 6.45) is 0. The van der Waals surface area contributed by atoms with Crippen LogP contribution in [0.2, 0.25) is 0 Å². The van der Waals surface area contributed by atoms with Crippen LogP contribution in [-0.4, -0.2) is 64.4 Å². The number of hydrogen-bond donors (Lipinski definition) is 1. The van der Waals surface area contributed by atoms with Crippen LogP contribution in [0.15, 0.2) is 24.3 Å². The molecule has 1 fully saturated rings. The van der Waals surface area contributed by atoms with Gasteiger partial charge in [0, 0.05) is 36.9 Å². The van der Waals surface area contributed by atoms with Crippen LogP contribution in [0.25, 0.3) is 0 Å². The van der Waals surface area contributed by atoms with Crippen molar-refractivity contribution in [3.8, 4) is 34.5 Å². The lowest BCUT2D eigenvalue weighted by Gasteiger charge is -2.36. The highest BCUT2D eigenvalue weighted by Gasteiger charge is 2.33. The molecule has 0 amide bonds. The molecule has 0 saturated carbocycles. The summed E-state index contributed by atoms with van der Waals surface area (Å²) in [5, 5.41) is 10.9. The predicted molar refractivity (Wildman–Crippen MR) is 105 cm³/mol. The first kappa shape index (κ1) is 19.5. The number of hydrogen-bond acceptors (Lipinski definition) is 8. The summed E-state index contributed by atoms with van der Waals surface area (Å²) >= 11 is 0. The van der Waals surface area contributed by atoms with Crippen molar-refractivity contribution in [3.63, 3.8) is 0 Å². The SMILES string of the molecule is COc1cc(OC)c(C(c2cc3c(cc2O)OCO3)N2CCOCC2)c(OC)c1. The van der Waals surface area contributed by atoms with E-state index in [2.05, 4.69) is 4.90 Å². The van der Waals surface area contributed by atoms with Gasteiger partial charge in [0.2, 0.25) is 6.79 Å². The van der Waals surface area contributed by atoms with Crippen LogP contribution in [0, 0.1) is 0 Å². The Kier molecular flexibility index (Phi) is 5.55. The average molecular weight is 403 g/mol. The second-order valence-electron chi connectivity index (χ2n) is 6.76. The van der Waals surface area contributed by atoms with Crippen LogP contribution >= 0.6 is 0 Å². The molecule has 2 aromatic carbocycles. The number of ether oxygens (including phenoxy) is 6. The van der Waals surface area contributed by atoms with Gasteiger partial charge in [-0.2, -0.15) is 0 Å². The summed E-state index contributed by atoms with van der Waals surface area (Å²) in [4.78, 5) is 2.23. The summed E-state index contributed by atoms with van der Waals surface area (Å²) in [7, 11) is 4.80. The van der Waals surface area contributed by atoms with Crippen LogP contribution in [0.4, 0.5) is 0 Å². The zero-order chi connectivity index (χ0) is 20.4. The Morgan fingerprint density at radius 2 is 1.52 bits per heavy atom. The third-order valence-corrected chi connectivity index (χ3v) is 5.25. The summed E-state index contributed by atoms with van der Waals surface area (Å²) in [5.74, 6) is 3.08. The minimum Gasteiger partial charge on any atom is -0.507 e. The molecule has 2 aliphatic rings. The van der Waals surface area contributed by atoms with E-state index in [9.17, 15) is 5.11 Å². The molecule has 0 spiro atoms. The van der Waals surface area contributed by atoms with Crippen molar-refractivity contribution in [2.45, 2.75) is 6.04 Å². The van der Waals surface area contributed by atoms with E-state index in [4.69, 9.17) is 28.4 Å². The van der Waals surface area contributed by atoms with Gasteiger partial charge in [-0.1, -0.05) is 0 Å². The van der Waals surface area contributed by atoms with E-state index in [1.54, 1.807) is 27.4 Å². The molecular formula is C21H25NO7. The predicted octanol–water partition coefficient (Wildman–Crippen LogP) is 2.57. The van der Waals surface area contributed by atoms with Crippen molar-refractivity contribution >= 4 is 0 Å². The van der Waals surface area contributed by atoms with Crippen molar-refractivity contribution in [1.29, 1.82) is 0 Å². The lowest BCUT2D eigenvalue weighted by Crippen LogP contribution is -2.39. The molecule has 1 saturated heterocycles. The van der Waals surface area contributed by atoms with E-state index in [1.807, 2.05) is 18.2 Å². The second-order valence-corrected chi connectivity index (χ2v) is 6.76. The summed E-state index contributed by atoms with van der Waals surface area (Å²) in [5.41, 5.74) is 1.48. The van der Waals surface area contributed by atoms with Gasteiger partial charge >= 0.3 is 0 Å². The van der Waals surface area contributed by atoms with Gasteiger partial charge < -0.3 is 33.5 Å². The minimum atomic E-state index is -0.343. The van der Waals surface area contributed by atoms with E-state index in [0.29, 0.717) is 60.6 Å². The summed E-state index contributed by atoms with van der Waals surface area (Å²) in [6.45, 7) is 2.72. The fourth-order valence-corrected chi connectivity index (χ4v) is 3.84. The maximum atomic E-state index is 10.9. The Morgan fingerprint density at radius 3 is 2.10 bits per heavy atom. The lowest BCUT2D eigenvalue weighted by molar-refractivity contribution is 0.0227. The molecule has 1 atom stereocenters. The quantitative estimate of drug-likeness (QED) is 0.789. The van der Waals surface area contributed by atoms with Gasteiger partial charge in [0.1, 0.15) is 23.0 Å². The summed E-state index contributed by atoms with van der Waals surface area (Å²) in [6, 6.07) is 6.70. The van der Waals surface area contributed by atoms with E-state index in [0.717, 1.165) is 5.56 Å². The maximum Gasteiger partial charge on any atom is 0.231 e. The average Bonchev–Trinajstić information content (AvgIpc) is 3.21. The molecule has 0 aliphatic carbocycles. The largest absolute Gasteiger partial charge is 0.507 e. The smallest absolute Gasteiger partial charge is 0.231 e.